The molecule has 0 atom stereocenters. The fraction of sp³-hybridized carbons (Fsp3) is 0.250. The predicted molar refractivity (Wildman–Crippen MR) is 54.8 cm³/mol. The van der Waals surface area contributed by atoms with E-state index in [1.54, 1.807) is 11.4 Å². The number of nitrogens with two attached hydrogens (primary N) is 1. The second-order valence-corrected chi connectivity index (χ2v) is 3.84. The number of hydrogen-bond acceptors (Lipinski definition) is 4. The zero-order valence-corrected chi connectivity index (χ0v) is 8.47. The molecule has 4 N–H and O–H groups in total. The topological polar surface area (TPSA) is 87.7 Å². The number of nitrogens with one attached hydrogen (secondary N) is 1. The first-order chi connectivity index (χ1) is 6.63. The standard InChI is InChI=1S/C8H11N3O2S/c1-5-2-6(4-14-5)8(12)10-3-7(9)11-13/h2,4,13H,3H2,1H3,(H2,9,11)(H,10,12). The molecule has 0 aliphatic rings. The average Bonchev–Trinajstić information content (AvgIpc) is 2.60. The van der Waals surface area contributed by atoms with Crippen molar-refractivity contribution in [2.24, 2.45) is 10.9 Å². The molecule has 1 amide bonds. The zero-order valence-electron chi connectivity index (χ0n) is 7.65. The molecule has 0 spiro atoms. The Morgan fingerprint density at radius 1 is 1.79 bits per heavy atom. The van der Waals surface area contributed by atoms with E-state index in [-0.39, 0.29) is 18.3 Å². The minimum absolute atomic E-state index is 0.0229. The van der Waals surface area contributed by atoms with Crippen LogP contribution in [0.25, 0.3) is 0 Å². The van der Waals surface area contributed by atoms with Gasteiger partial charge in [-0.05, 0) is 13.0 Å². The molecule has 0 aliphatic heterocycles. The van der Waals surface area contributed by atoms with Gasteiger partial charge in [0.05, 0.1) is 12.1 Å². The minimum atomic E-state index is -0.221. The summed E-state index contributed by atoms with van der Waals surface area (Å²) in [4.78, 5) is 12.5. The van der Waals surface area contributed by atoms with Crippen LogP contribution in [0.2, 0.25) is 0 Å². The van der Waals surface area contributed by atoms with Gasteiger partial charge in [-0.25, -0.2) is 0 Å². The summed E-state index contributed by atoms with van der Waals surface area (Å²) >= 11 is 1.50. The first kappa shape index (κ1) is 10.5. The first-order valence-corrected chi connectivity index (χ1v) is 4.81. The highest BCUT2D eigenvalue weighted by molar-refractivity contribution is 7.10. The Morgan fingerprint density at radius 3 is 3.00 bits per heavy atom. The molecule has 0 aromatic carbocycles. The van der Waals surface area contributed by atoms with Gasteiger partial charge in [0.1, 0.15) is 0 Å². The second-order valence-electron chi connectivity index (χ2n) is 2.72. The molecule has 0 fully saturated rings. The van der Waals surface area contributed by atoms with Gasteiger partial charge in [-0.2, -0.15) is 0 Å². The van der Waals surface area contributed by atoms with E-state index in [1.807, 2.05) is 6.92 Å². The fourth-order valence-electron chi connectivity index (χ4n) is 0.871. The quantitative estimate of drug-likeness (QED) is 0.296. The number of carbonyl (C=O) groups is 1. The van der Waals surface area contributed by atoms with Crippen molar-refractivity contribution in [2.75, 3.05) is 6.54 Å². The lowest BCUT2D eigenvalue weighted by molar-refractivity contribution is 0.0959. The van der Waals surface area contributed by atoms with Gasteiger partial charge in [-0.1, -0.05) is 5.16 Å². The monoisotopic (exact) mass is 213 g/mol. The van der Waals surface area contributed by atoms with Crippen LogP contribution in [0.5, 0.6) is 0 Å². The number of carbonyl (C=O) groups excluding carboxylic acids is 1. The Labute approximate surface area is 85.2 Å². The van der Waals surface area contributed by atoms with Crippen molar-refractivity contribution in [1.82, 2.24) is 5.32 Å². The third kappa shape index (κ3) is 2.74. The lowest BCUT2D eigenvalue weighted by Gasteiger charge is -2.00. The number of amidine groups is 1. The molecule has 0 unspecified atom stereocenters. The van der Waals surface area contributed by atoms with E-state index < -0.39 is 0 Å². The Morgan fingerprint density at radius 2 is 2.50 bits per heavy atom. The fourth-order valence-corrected chi connectivity index (χ4v) is 1.55. The molecule has 0 saturated carbocycles. The minimum Gasteiger partial charge on any atom is -0.409 e. The number of thiophene rings is 1. The zero-order chi connectivity index (χ0) is 10.6. The van der Waals surface area contributed by atoms with E-state index in [2.05, 4.69) is 10.5 Å². The second kappa shape index (κ2) is 4.61. The summed E-state index contributed by atoms with van der Waals surface area (Å²) in [5.41, 5.74) is 5.79. The lowest BCUT2D eigenvalue weighted by atomic mass is 10.3. The normalized spacial score (nSPS) is 11.4. The van der Waals surface area contributed by atoms with Crippen LogP contribution >= 0.6 is 11.3 Å². The van der Waals surface area contributed by atoms with Crippen LogP contribution < -0.4 is 11.1 Å². The molecular formula is C8H11N3O2S. The molecule has 1 rings (SSSR count). The van der Waals surface area contributed by atoms with E-state index >= 15 is 0 Å². The predicted octanol–water partition coefficient (Wildman–Crippen LogP) is 0.533. The summed E-state index contributed by atoms with van der Waals surface area (Å²) in [6.07, 6.45) is 0. The Balaban J connectivity index is 2.51. The summed E-state index contributed by atoms with van der Waals surface area (Å²) in [7, 11) is 0. The van der Waals surface area contributed by atoms with E-state index in [4.69, 9.17) is 10.9 Å². The van der Waals surface area contributed by atoms with Crippen LogP contribution in [0.15, 0.2) is 16.6 Å². The number of hydrogen-bond donors (Lipinski definition) is 3. The van der Waals surface area contributed by atoms with Crippen molar-refractivity contribution in [2.45, 2.75) is 6.92 Å². The van der Waals surface area contributed by atoms with Gasteiger partial charge >= 0.3 is 0 Å². The summed E-state index contributed by atoms with van der Waals surface area (Å²) in [6.45, 7) is 1.97. The molecule has 0 bridgehead atoms. The molecule has 6 heteroatoms. The number of oxime groups is 1. The Hall–Kier alpha value is -1.56. The third-order valence-corrected chi connectivity index (χ3v) is 2.41. The summed E-state index contributed by atoms with van der Waals surface area (Å²) < 4.78 is 0. The highest BCUT2D eigenvalue weighted by atomic mass is 32.1. The molecule has 1 heterocycles. The van der Waals surface area contributed by atoms with Crippen molar-refractivity contribution in [3.8, 4) is 0 Å². The molecule has 0 radical (unpaired) electrons. The van der Waals surface area contributed by atoms with Crippen LogP contribution in [-0.2, 0) is 0 Å². The first-order valence-electron chi connectivity index (χ1n) is 3.93. The van der Waals surface area contributed by atoms with E-state index in [0.717, 1.165) is 4.88 Å². The van der Waals surface area contributed by atoms with Crippen LogP contribution in [-0.4, -0.2) is 23.5 Å². The number of aryl methyl sites for hydroxylation is 1. The Bertz CT molecular complexity index is 359. The molecule has 0 aliphatic carbocycles. The maximum absolute atomic E-state index is 11.4. The van der Waals surface area contributed by atoms with Gasteiger partial charge in [-0.15, -0.1) is 11.3 Å². The van der Waals surface area contributed by atoms with Crippen molar-refractivity contribution >= 4 is 23.1 Å². The van der Waals surface area contributed by atoms with Gasteiger partial charge in [0.15, 0.2) is 5.84 Å². The van der Waals surface area contributed by atoms with E-state index in [0.29, 0.717) is 5.56 Å². The van der Waals surface area contributed by atoms with Gasteiger partial charge in [0.2, 0.25) is 0 Å². The SMILES string of the molecule is Cc1cc(C(=O)NC/C(N)=N/O)cs1. The highest BCUT2D eigenvalue weighted by Gasteiger charge is 2.06. The third-order valence-electron chi connectivity index (χ3n) is 1.55. The summed E-state index contributed by atoms with van der Waals surface area (Å²) in [5.74, 6) is -0.244. The summed E-state index contributed by atoms with van der Waals surface area (Å²) in [6, 6.07) is 1.78. The average molecular weight is 213 g/mol. The van der Waals surface area contributed by atoms with Crippen molar-refractivity contribution in [3.63, 3.8) is 0 Å². The van der Waals surface area contributed by atoms with Crippen LogP contribution in [0.3, 0.4) is 0 Å². The van der Waals surface area contributed by atoms with Crippen molar-refractivity contribution < 1.29 is 10.0 Å². The molecule has 14 heavy (non-hydrogen) atoms. The number of nitrogens with zero attached hydrogens (tertiary/aromatic N) is 1. The number of rotatable bonds is 3. The van der Waals surface area contributed by atoms with Crippen LogP contribution in [0, 0.1) is 6.92 Å². The van der Waals surface area contributed by atoms with Crippen molar-refractivity contribution in [1.29, 1.82) is 0 Å². The number of amides is 1. The van der Waals surface area contributed by atoms with Gasteiger partial charge < -0.3 is 16.3 Å². The van der Waals surface area contributed by atoms with E-state index in [9.17, 15) is 4.79 Å². The lowest BCUT2D eigenvalue weighted by Crippen LogP contribution is -2.33. The maximum atomic E-state index is 11.4. The smallest absolute Gasteiger partial charge is 0.252 e. The molecule has 76 valence electrons. The van der Waals surface area contributed by atoms with Gasteiger partial charge in [-0.3, -0.25) is 4.79 Å². The largest absolute Gasteiger partial charge is 0.409 e. The van der Waals surface area contributed by atoms with Crippen LogP contribution in [0.4, 0.5) is 0 Å². The molecule has 1 aromatic rings. The van der Waals surface area contributed by atoms with Crippen LogP contribution in [0.1, 0.15) is 15.2 Å². The molecule has 5 nitrogen and oxygen atoms in total. The summed E-state index contributed by atoms with van der Waals surface area (Å²) in [5, 5.41) is 15.3. The maximum Gasteiger partial charge on any atom is 0.252 e. The van der Waals surface area contributed by atoms with E-state index in [1.165, 1.54) is 11.3 Å². The van der Waals surface area contributed by atoms with Crippen molar-refractivity contribution in [3.05, 3.63) is 21.9 Å². The van der Waals surface area contributed by atoms with Gasteiger partial charge in [0, 0.05) is 10.3 Å². The Kier molecular flexibility index (Phi) is 3.47. The molecule has 0 saturated heterocycles. The van der Waals surface area contributed by atoms with Gasteiger partial charge in [0.25, 0.3) is 5.91 Å². The molecule has 1 aromatic heterocycles. The molecular weight excluding hydrogens is 202 g/mol. The highest BCUT2D eigenvalue weighted by Crippen LogP contribution is 2.12.